The predicted molar refractivity (Wildman–Crippen MR) is 83.0 cm³/mol. The van der Waals surface area contributed by atoms with Gasteiger partial charge in [0.25, 0.3) is 0 Å². The molecule has 0 bridgehead atoms. The zero-order chi connectivity index (χ0) is 16.3. The van der Waals surface area contributed by atoms with Gasteiger partial charge in [-0.3, -0.25) is 4.79 Å². The van der Waals surface area contributed by atoms with Gasteiger partial charge in [-0.25, -0.2) is 17.5 Å². The minimum Gasteiger partial charge on any atom is -0.337 e. The van der Waals surface area contributed by atoms with Crippen molar-refractivity contribution in [1.82, 2.24) is 9.62 Å². The number of nitrogens with one attached hydrogen (secondary N) is 1. The molecule has 7 heteroatoms. The highest BCUT2D eigenvalue weighted by Gasteiger charge is 2.27. The maximum atomic E-state index is 13.2. The van der Waals surface area contributed by atoms with E-state index in [1.54, 1.807) is 24.0 Å². The average Bonchev–Trinajstić information content (AvgIpc) is 2.85. The summed E-state index contributed by atoms with van der Waals surface area (Å²) in [4.78, 5) is 13.8. The third-order valence-corrected chi connectivity index (χ3v) is 4.26. The van der Waals surface area contributed by atoms with Crippen LogP contribution in [-0.4, -0.2) is 44.6 Å². The zero-order valence-corrected chi connectivity index (χ0v) is 13.4. The Labute approximate surface area is 129 Å². The van der Waals surface area contributed by atoms with Crippen LogP contribution in [0.25, 0.3) is 5.57 Å². The van der Waals surface area contributed by atoms with Crippen LogP contribution in [0, 0.1) is 5.82 Å². The van der Waals surface area contributed by atoms with E-state index in [0.717, 1.165) is 6.26 Å². The average molecular weight is 326 g/mol. The molecule has 1 aliphatic heterocycles. The first-order valence-corrected chi connectivity index (χ1v) is 8.84. The first-order chi connectivity index (χ1) is 10.2. The molecule has 1 atom stereocenters. The summed E-state index contributed by atoms with van der Waals surface area (Å²) in [5, 5.41) is 0. The number of hydrogen-bond donors (Lipinski definition) is 1. The van der Waals surface area contributed by atoms with Crippen LogP contribution >= 0.6 is 0 Å². The number of nitrogens with zero attached hydrogens (tertiary/aromatic N) is 1. The SMILES string of the molecule is C/C(=C\C(=O)N1CCC(NS(C)(=O)=O)C1)c1cccc(F)c1. The van der Waals surface area contributed by atoms with Crippen molar-refractivity contribution in [2.75, 3.05) is 19.3 Å². The number of sulfonamides is 1. The summed E-state index contributed by atoms with van der Waals surface area (Å²) >= 11 is 0. The molecule has 0 saturated carbocycles. The summed E-state index contributed by atoms with van der Waals surface area (Å²) in [6.45, 7) is 2.59. The largest absolute Gasteiger partial charge is 0.337 e. The van der Waals surface area contributed by atoms with E-state index in [1.807, 2.05) is 0 Å². The molecular weight excluding hydrogens is 307 g/mol. The van der Waals surface area contributed by atoms with Gasteiger partial charge in [-0.2, -0.15) is 0 Å². The van der Waals surface area contributed by atoms with Crippen molar-refractivity contribution in [3.05, 3.63) is 41.7 Å². The van der Waals surface area contributed by atoms with Crippen LogP contribution in [-0.2, 0) is 14.8 Å². The third-order valence-electron chi connectivity index (χ3n) is 3.50. The summed E-state index contributed by atoms with van der Waals surface area (Å²) in [6.07, 6.45) is 3.15. The van der Waals surface area contributed by atoms with E-state index in [1.165, 1.54) is 18.2 Å². The number of amides is 1. The van der Waals surface area contributed by atoms with Gasteiger partial charge in [0.1, 0.15) is 5.82 Å². The lowest BCUT2D eigenvalue weighted by Crippen LogP contribution is -2.37. The monoisotopic (exact) mass is 326 g/mol. The van der Waals surface area contributed by atoms with E-state index in [9.17, 15) is 17.6 Å². The van der Waals surface area contributed by atoms with E-state index < -0.39 is 10.0 Å². The van der Waals surface area contributed by atoms with Crippen LogP contribution in [0.5, 0.6) is 0 Å². The summed E-state index contributed by atoms with van der Waals surface area (Å²) in [7, 11) is -3.27. The van der Waals surface area contributed by atoms with Crippen LogP contribution in [0.3, 0.4) is 0 Å². The van der Waals surface area contributed by atoms with Gasteiger partial charge < -0.3 is 4.90 Å². The Morgan fingerprint density at radius 3 is 2.82 bits per heavy atom. The van der Waals surface area contributed by atoms with Gasteiger partial charge in [-0.15, -0.1) is 0 Å². The van der Waals surface area contributed by atoms with Crippen molar-refractivity contribution in [1.29, 1.82) is 0 Å². The molecule has 1 unspecified atom stereocenters. The van der Waals surface area contributed by atoms with Crippen LogP contribution in [0.2, 0.25) is 0 Å². The minimum atomic E-state index is -3.27. The number of carbonyl (C=O) groups excluding carboxylic acids is 1. The van der Waals surface area contributed by atoms with Crippen molar-refractivity contribution in [3.63, 3.8) is 0 Å². The molecule has 5 nitrogen and oxygen atoms in total. The lowest BCUT2D eigenvalue weighted by atomic mass is 10.1. The number of rotatable bonds is 4. The number of allylic oxidation sites excluding steroid dienone is 1. The highest BCUT2D eigenvalue weighted by atomic mass is 32.2. The number of carbonyl (C=O) groups is 1. The maximum Gasteiger partial charge on any atom is 0.246 e. The first-order valence-electron chi connectivity index (χ1n) is 6.95. The van der Waals surface area contributed by atoms with E-state index in [0.29, 0.717) is 30.6 Å². The molecule has 1 aromatic rings. The Morgan fingerprint density at radius 1 is 1.45 bits per heavy atom. The summed E-state index contributed by atoms with van der Waals surface area (Å²) in [6, 6.07) is 5.80. The quantitative estimate of drug-likeness (QED) is 0.850. The van der Waals surface area contributed by atoms with E-state index in [-0.39, 0.29) is 17.8 Å². The molecule has 0 aliphatic carbocycles. The molecule has 0 radical (unpaired) electrons. The van der Waals surface area contributed by atoms with E-state index >= 15 is 0 Å². The molecule has 22 heavy (non-hydrogen) atoms. The fraction of sp³-hybridized carbons (Fsp3) is 0.400. The molecule has 2 rings (SSSR count). The summed E-state index contributed by atoms with van der Waals surface area (Å²) in [5.41, 5.74) is 1.32. The molecule has 1 N–H and O–H groups in total. The standard InChI is InChI=1S/C15H19FN2O3S/c1-11(12-4-3-5-13(16)9-12)8-15(19)18-7-6-14(10-18)17-22(2,20)21/h3-5,8-9,14,17H,6-7,10H2,1-2H3/b11-8+. The molecule has 1 aromatic carbocycles. The molecule has 0 aromatic heterocycles. The smallest absolute Gasteiger partial charge is 0.246 e. The van der Waals surface area contributed by atoms with Gasteiger partial charge in [0.15, 0.2) is 0 Å². The van der Waals surface area contributed by atoms with Gasteiger partial charge in [0.2, 0.25) is 15.9 Å². The second kappa shape index (κ2) is 6.58. The third kappa shape index (κ3) is 4.64. The number of halogens is 1. The van der Waals surface area contributed by atoms with Crippen molar-refractivity contribution < 1.29 is 17.6 Å². The molecule has 1 saturated heterocycles. The van der Waals surface area contributed by atoms with Gasteiger partial charge in [0.05, 0.1) is 6.26 Å². The Morgan fingerprint density at radius 2 is 2.18 bits per heavy atom. The zero-order valence-electron chi connectivity index (χ0n) is 12.5. The lowest BCUT2D eigenvalue weighted by Gasteiger charge is -2.15. The lowest BCUT2D eigenvalue weighted by molar-refractivity contribution is -0.125. The molecule has 0 spiro atoms. The molecule has 1 heterocycles. The molecule has 1 aliphatic rings. The van der Waals surface area contributed by atoms with Gasteiger partial charge >= 0.3 is 0 Å². The normalized spacial score (nSPS) is 19.5. The molecular formula is C15H19FN2O3S. The topological polar surface area (TPSA) is 66.5 Å². The van der Waals surface area contributed by atoms with Crippen LogP contribution < -0.4 is 4.72 Å². The van der Waals surface area contributed by atoms with Gasteiger partial charge in [0, 0.05) is 25.2 Å². The predicted octanol–water partition coefficient (Wildman–Crippen LogP) is 1.38. The fourth-order valence-corrected chi connectivity index (χ4v) is 3.25. The number of benzene rings is 1. The summed E-state index contributed by atoms with van der Waals surface area (Å²) in [5.74, 6) is -0.546. The Kier molecular flexibility index (Phi) is 4.97. The Bertz CT molecular complexity index is 700. The Balaban J connectivity index is 2.02. The van der Waals surface area contributed by atoms with E-state index in [4.69, 9.17) is 0 Å². The fourth-order valence-electron chi connectivity index (χ4n) is 2.45. The Hall–Kier alpha value is -1.73. The van der Waals surface area contributed by atoms with Crippen LogP contribution in [0.1, 0.15) is 18.9 Å². The van der Waals surface area contributed by atoms with Gasteiger partial charge in [-0.1, -0.05) is 12.1 Å². The number of likely N-dealkylation sites (tertiary alicyclic amines) is 1. The van der Waals surface area contributed by atoms with Crippen LogP contribution in [0.15, 0.2) is 30.3 Å². The molecule has 120 valence electrons. The van der Waals surface area contributed by atoms with E-state index in [2.05, 4.69) is 4.72 Å². The summed E-state index contributed by atoms with van der Waals surface area (Å²) < 4.78 is 38.1. The van der Waals surface area contributed by atoms with Gasteiger partial charge in [-0.05, 0) is 36.6 Å². The second-order valence-corrected chi connectivity index (χ2v) is 7.28. The van der Waals surface area contributed by atoms with Crippen LogP contribution in [0.4, 0.5) is 4.39 Å². The number of hydrogen-bond acceptors (Lipinski definition) is 3. The highest BCUT2D eigenvalue weighted by molar-refractivity contribution is 7.88. The molecule has 1 amide bonds. The maximum absolute atomic E-state index is 13.2. The minimum absolute atomic E-state index is 0.195. The van der Waals surface area contributed by atoms with Crippen molar-refractivity contribution in [2.45, 2.75) is 19.4 Å². The molecule has 1 fully saturated rings. The van der Waals surface area contributed by atoms with Crippen molar-refractivity contribution in [2.24, 2.45) is 0 Å². The first kappa shape index (κ1) is 16.6. The second-order valence-electron chi connectivity index (χ2n) is 5.50. The van der Waals surface area contributed by atoms with Crippen molar-refractivity contribution in [3.8, 4) is 0 Å². The van der Waals surface area contributed by atoms with Crippen molar-refractivity contribution >= 4 is 21.5 Å². The highest BCUT2D eigenvalue weighted by Crippen LogP contribution is 2.17.